The van der Waals surface area contributed by atoms with E-state index in [0.717, 1.165) is 25.7 Å². The van der Waals surface area contributed by atoms with Crippen molar-refractivity contribution in [3.8, 4) is 0 Å². The number of thioether (sulfide) groups is 1. The van der Waals surface area contributed by atoms with Crippen LogP contribution in [0, 0.1) is 5.92 Å². The van der Waals surface area contributed by atoms with E-state index in [-0.39, 0.29) is 5.92 Å². The molecule has 1 aliphatic rings. The lowest BCUT2D eigenvalue weighted by Crippen LogP contribution is -2.47. The highest BCUT2D eigenvalue weighted by molar-refractivity contribution is 7.99. The van der Waals surface area contributed by atoms with E-state index < -0.39 is 11.0 Å². The molecule has 0 amide bonds. The van der Waals surface area contributed by atoms with Gasteiger partial charge in [-0.05, 0) is 25.5 Å². The van der Waals surface area contributed by atoms with E-state index in [9.17, 15) is 10.2 Å². The lowest BCUT2D eigenvalue weighted by molar-refractivity contribution is -0.443. The Labute approximate surface area is 78.4 Å². The molecule has 72 valence electrons. The first-order valence-corrected chi connectivity index (χ1v) is 5.73. The third-order valence-corrected chi connectivity index (χ3v) is 3.93. The lowest BCUT2D eigenvalue weighted by Gasteiger charge is -2.44. The second kappa shape index (κ2) is 3.99. The molecular formula is C9H17O2S-. The van der Waals surface area contributed by atoms with Crippen molar-refractivity contribution >= 4 is 11.8 Å². The SMILES string of the molecule is CSC(C)(O)C1CCCCC1[O-]. The Morgan fingerprint density at radius 1 is 1.42 bits per heavy atom. The summed E-state index contributed by atoms with van der Waals surface area (Å²) in [7, 11) is 0. The molecule has 3 heteroatoms. The van der Waals surface area contributed by atoms with Crippen LogP contribution in [0.4, 0.5) is 0 Å². The molecule has 1 aliphatic carbocycles. The molecule has 3 unspecified atom stereocenters. The zero-order valence-corrected chi connectivity index (χ0v) is 8.56. The Balaban J connectivity index is 2.58. The Hall–Kier alpha value is 0.270. The third kappa shape index (κ3) is 2.15. The van der Waals surface area contributed by atoms with Crippen molar-refractivity contribution in [2.45, 2.75) is 43.6 Å². The van der Waals surface area contributed by atoms with Gasteiger partial charge in [0.2, 0.25) is 0 Å². The van der Waals surface area contributed by atoms with Gasteiger partial charge < -0.3 is 10.2 Å². The first-order valence-electron chi connectivity index (χ1n) is 4.51. The van der Waals surface area contributed by atoms with Crippen molar-refractivity contribution in [2.24, 2.45) is 5.92 Å². The summed E-state index contributed by atoms with van der Waals surface area (Å²) in [6.07, 6.45) is 5.07. The zero-order chi connectivity index (χ0) is 9.19. The van der Waals surface area contributed by atoms with E-state index in [1.165, 1.54) is 11.8 Å². The van der Waals surface area contributed by atoms with E-state index in [1.807, 2.05) is 6.26 Å². The predicted molar refractivity (Wildman–Crippen MR) is 49.9 cm³/mol. The molecule has 0 aromatic carbocycles. The molecule has 0 saturated heterocycles. The van der Waals surface area contributed by atoms with Gasteiger partial charge in [0.25, 0.3) is 0 Å². The van der Waals surface area contributed by atoms with Crippen molar-refractivity contribution < 1.29 is 10.2 Å². The van der Waals surface area contributed by atoms with Gasteiger partial charge in [-0.25, -0.2) is 0 Å². The fourth-order valence-corrected chi connectivity index (χ4v) is 2.43. The van der Waals surface area contributed by atoms with Crippen molar-refractivity contribution in [1.29, 1.82) is 0 Å². The summed E-state index contributed by atoms with van der Waals surface area (Å²) in [5.74, 6) is -0.0544. The molecule has 0 aromatic rings. The number of aliphatic hydroxyl groups is 1. The summed E-state index contributed by atoms with van der Waals surface area (Å²) in [5.41, 5.74) is 0. The second-order valence-electron chi connectivity index (χ2n) is 3.69. The van der Waals surface area contributed by atoms with Crippen molar-refractivity contribution in [3.05, 3.63) is 0 Å². The van der Waals surface area contributed by atoms with Crippen LogP contribution < -0.4 is 5.11 Å². The Morgan fingerprint density at radius 2 is 2.00 bits per heavy atom. The van der Waals surface area contributed by atoms with Crippen LogP contribution in [0.3, 0.4) is 0 Å². The van der Waals surface area contributed by atoms with Gasteiger partial charge in [0.05, 0.1) is 0 Å². The molecule has 1 saturated carbocycles. The van der Waals surface area contributed by atoms with Crippen molar-refractivity contribution in [1.82, 2.24) is 0 Å². The van der Waals surface area contributed by atoms with Gasteiger partial charge >= 0.3 is 0 Å². The molecule has 12 heavy (non-hydrogen) atoms. The van der Waals surface area contributed by atoms with E-state index >= 15 is 0 Å². The average molecular weight is 189 g/mol. The van der Waals surface area contributed by atoms with Crippen LogP contribution in [0.25, 0.3) is 0 Å². The zero-order valence-electron chi connectivity index (χ0n) is 7.75. The van der Waals surface area contributed by atoms with Crippen LogP contribution in [0.15, 0.2) is 0 Å². The summed E-state index contributed by atoms with van der Waals surface area (Å²) in [4.78, 5) is -0.813. The monoisotopic (exact) mass is 189 g/mol. The molecule has 0 aromatic heterocycles. The average Bonchev–Trinajstić information content (AvgIpc) is 2.05. The molecule has 1 rings (SSSR count). The van der Waals surface area contributed by atoms with E-state index in [1.54, 1.807) is 6.92 Å². The number of hydrogen-bond acceptors (Lipinski definition) is 3. The van der Waals surface area contributed by atoms with Crippen LogP contribution in [-0.2, 0) is 0 Å². The minimum Gasteiger partial charge on any atom is -0.852 e. The number of hydrogen-bond donors (Lipinski definition) is 1. The van der Waals surface area contributed by atoms with Crippen molar-refractivity contribution in [2.75, 3.05) is 6.26 Å². The fraction of sp³-hybridized carbons (Fsp3) is 1.00. The van der Waals surface area contributed by atoms with Gasteiger partial charge in [0, 0.05) is 0 Å². The summed E-state index contributed by atoms with van der Waals surface area (Å²) in [6, 6.07) is 0. The highest BCUT2D eigenvalue weighted by atomic mass is 32.2. The van der Waals surface area contributed by atoms with E-state index in [0.29, 0.717) is 0 Å². The van der Waals surface area contributed by atoms with Gasteiger partial charge in [0.15, 0.2) is 0 Å². The Bertz CT molecular complexity index is 147. The molecule has 1 N–H and O–H groups in total. The summed E-state index contributed by atoms with van der Waals surface area (Å²) < 4.78 is 0. The normalized spacial score (nSPS) is 36.0. The molecule has 0 bridgehead atoms. The summed E-state index contributed by atoms with van der Waals surface area (Å²) in [6.45, 7) is 1.76. The van der Waals surface area contributed by atoms with Gasteiger partial charge in [-0.1, -0.05) is 19.3 Å². The maximum atomic E-state index is 11.5. The van der Waals surface area contributed by atoms with Gasteiger partial charge in [0.1, 0.15) is 4.93 Å². The minimum atomic E-state index is -0.813. The molecular weight excluding hydrogens is 172 g/mol. The van der Waals surface area contributed by atoms with Crippen LogP contribution >= 0.6 is 11.8 Å². The Morgan fingerprint density at radius 3 is 2.50 bits per heavy atom. The molecule has 0 heterocycles. The Kier molecular flexibility index (Phi) is 3.44. The van der Waals surface area contributed by atoms with Gasteiger partial charge in [-0.2, -0.15) is 0 Å². The van der Waals surface area contributed by atoms with Crippen LogP contribution in [-0.4, -0.2) is 22.4 Å². The largest absolute Gasteiger partial charge is 0.852 e. The fourth-order valence-electron chi connectivity index (χ4n) is 1.86. The molecule has 2 nitrogen and oxygen atoms in total. The molecule has 0 spiro atoms. The minimum absolute atomic E-state index is 0.0544. The van der Waals surface area contributed by atoms with Crippen molar-refractivity contribution in [3.63, 3.8) is 0 Å². The molecule has 0 aliphatic heterocycles. The summed E-state index contributed by atoms with van der Waals surface area (Å²) >= 11 is 1.39. The maximum absolute atomic E-state index is 11.5. The van der Waals surface area contributed by atoms with E-state index in [2.05, 4.69) is 0 Å². The predicted octanol–water partition coefficient (Wildman–Crippen LogP) is 0.977. The molecule has 1 fully saturated rings. The summed E-state index contributed by atoms with van der Waals surface area (Å²) in [5, 5.41) is 21.4. The highest BCUT2D eigenvalue weighted by Gasteiger charge is 2.33. The smallest absolute Gasteiger partial charge is 0.109 e. The first kappa shape index (κ1) is 10.4. The maximum Gasteiger partial charge on any atom is 0.109 e. The first-order chi connectivity index (χ1) is 5.58. The van der Waals surface area contributed by atoms with Crippen LogP contribution in [0.5, 0.6) is 0 Å². The number of rotatable bonds is 2. The third-order valence-electron chi connectivity index (χ3n) is 2.80. The quantitative estimate of drug-likeness (QED) is 0.658. The van der Waals surface area contributed by atoms with Crippen LogP contribution in [0.1, 0.15) is 32.6 Å². The van der Waals surface area contributed by atoms with E-state index in [4.69, 9.17) is 0 Å². The lowest BCUT2D eigenvalue weighted by atomic mass is 9.83. The van der Waals surface area contributed by atoms with Gasteiger partial charge in [-0.3, -0.25) is 0 Å². The molecule has 3 atom stereocenters. The van der Waals surface area contributed by atoms with Gasteiger partial charge in [-0.15, -0.1) is 17.9 Å². The standard InChI is InChI=1S/C9H17O2S/c1-9(11,12-2)7-5-3-4-6-8(7)10/h7-8,11H,3-6H2,1-2H3/q-1. The topological polar surface area (TPSA) is 43.3 Å². The molecule has 0 radical (unpaired) electrons. The second-order valence-corrected chi connectivity index (χ2v) is 4.92. The highest BCUT2D eigenvalue weighted by Crippen LogP contribution is 2.37. The van der Waals surface area contributed by atoms with Crippen LogP contribution in [0.2, 0.25) is 0 Å².